The first-order valence-corrected chi connectivity index (χ1v) is 8.54. The monoisotopic (exact) mass is 341 g/mol. The van der Waals surface area contributed by atoms with Crippen molar-refractivity contribution in [3.63, 3.8) is 0 Å². The molecule has 128 valence electrons. The molecule has 0 atom stereocenters. The summed E-state index contributed by atoms with van der Waals surface area (Å²) in [4.78, 5) is 20.5. The number of para-hydroxylation sites is 2. The topological polar surface area (TPSA) is 57.8 Å². The molecule has 4 aromatic rings. The van der Waals surface area contributed by atoms with Gasteiger partial charge < -0.3 is 10.3 Å². The first kappa shape index (κ1) is 16.1. The number of aromatic nitrogens is 2. The second kappa shape index (κ2) is 6.48. The Bertz CT molecular complexity index is 1080. The molecule has 4 rings (SSSR count). The van der Waals surface area contributed by atoms with E-state index in [1.54, 1.807) is 0 Å². The largest absolute Gasteiger partial charge is 0.338 e. The predicted molar refractivity (Wildman–Crippen MR) is 105 cm³/mol. The lowest BCUT2D eigenvalue weighted by Gasteiger charge is -2.09. The number of fused-ring (bicyclic) bond motifs is 1. The summed E-state index contributed by atoms with van der Waals surface area (Å²) in [5.74, 6) is 0.679. The Morgan fingerprint density at radius 3 is 2.62 bits per heavy atom. The molecule has 0 saturated carbocycles. The molecule has 1 aromatic heterocycles. The molecule has 0 bridgehead atoms. The number of imidazole rings is 1. The number of aromatic amines is 1. The van der Waals surface area contributed by atoms with Crippen LogP contribution in [0.2, 0.25) is 0 Å². The van der Waals surface area contributed by atoms with Gasteiger partial charge in [0.2, 0.25) is 0 Å². The molecule has 1 amide bonds. The van der Waals surface area contributed by atoms with Gasteiger partial charge >= 0.3 is 0 Å². The van der Waals surface area contributed by atoms with Crippen molar-refractivity contribution < 1.29 is 4.79 Å². The number of H-pyrrole nitrogens is 1. The highest BCUT2D eigenvalue weighted by atomic mass is 16.1. The molecular formula is C22H19N3O. The number of carbonyl (C=O) groups excluding carboxylic acids is 1. The third-order valence-corrected chi connectivity index (χ3v) is 4.41. The Balaban J connectivity index is 1.62. The second-order valence-corrected chi connectivity index (χ2v) is 6.46. The predicted octanol–water partition coefficient (Wildman–Crippen LogP) is 5.10. The van der Waals surface area contributed by atoms with Crippen molar-refractivity contribution in [2.45, 2.75) is 13.8 Å². The van der Waals surface area contributed by atoms with Gasteiger partial charge in [0.25, 0.3) is 5.91 Å². The summed E-state index contributed by atoms with van der Waals surface area (Å²) >= 11 is 0. The van der Waals surface area contributed by atoms with Crippen molar-refractivity contribution in [1.82, 2.24) is 9.97 Å². The maximum Gasteiger partial charge on any atom is 0.255 e. The number of nitrogens with one attached hydrogen (secondary N) is 2. The Labute approximate surface area is 151 Å². The zero-order chi connectivity index (χ0) is 18.1. The van der Waals surface area contributed by atoms with E-state index >= 15 is 0 Å². The van der Waals surface area contributed by atoms with Gasteiger partial charge in [0.1, 0.15) is 5.82 Å². The quantitative estimate of drug-likeness (QED) is 0.545. The van der Waals surface area contributed by atoms with E-state index in [2.05, 4.69) is 15.3 Å². The first-order chi connectivity index (χ1) is 12.6. The summed E-state index contributed by atoms with van der Waals surface area (Å²) in [6, 6.07) is 21.4. The van der Waals surface area contributed by atoms with Crippen molar-refractivity contribution >= 4 is 22.6 Å². The second-order valence-electron chi connectivity index (χ2n) is 6.46. The highest BCUT2D eigenvalue weighted by Crippen LogP contribution is 2.23. The number of anilines is 1. The van der Waals surface area contributed by atoms with Crippen molar-refractivity contribution in [1.29, 1.82) is 0 Å². The third kappa shape index (κ3) is 3.09. The van der Waals surface area contributed by atoms with E-state index in [0.29, 0.717) is 5.56 Å². The fourth-order valence-corrected chi connectivity index (χ4v) is 3.10. The molecule has 3 aromatic carbocycles. The molecule has 0 unspecified atom stereocenters. The summed E-state index contributed by atoms with van der Waals surface area (Å²) < 4.78 is 0. The van der Waals surface area contributed by atoms with Crippen molar-refractivity contribution in [3.05, 3.63) is 83.4 Å². The third-order valence-electron chi connectivity index (χ3n) is 4.41. The van der Waals surface area contributed by atoms with Gasteiger partial charge in [-0.1, -0.05) is 42.0 Å². The maximum absolute atomic E-state index is 12.6. The zero-order valence-corrected chi connectivity index (χ0v) is 14.7. The molecule has 0 radical (unpaired) electrons. The van der Waals surface area contributed by atoms with E-state index in [1.807, 2.05) is 80.6 Å². The van der Waals surface area contributed by atoms with Crippen LogP contribution in [0.15, 0.2) is 66.7 Å². The number of hydrogen-bond acceptors (Lipinski definition) is 2. The van der Waals surface area contributed by atoms with Crippen LogP contribution < -0.4 is 5.32 Å². The Morgan fingerprint density at radius 2 is 1.81 bits per heavy atom. The molecule has 0 spiro atoms. The molecule has 0 aliphatic heterocycles. The van der Waals surface area contributed by atoms with E-state index in [9.17, 15) is 4.79 Å². The molecule has 0 aliphatic rings. The number of aryl methyl sites for hydroxylation is 2. The lowest BCUT2D eigenvalue weighted by molar-refractivity contribution is 0.102. The van der Waals surface area contributed by atoms with Crippen LogP contribution in [0.25, 0.3) is 22.4 Å². The minimum absolute atomic E-state index is 0.107. The Morgan fingerprint density at radius 1 is 0.962 bits per heavy atom. The number of nitrogens with zero attached hydrogens (tertiary/aromatic N) is 1. The number of benzene rings is 3. The number of carbonyl (C=O) groups is 1. The Hall–Kier alpha value is -3.40. The molecule has 1 heterocycles. The van der Waals surface area contributed by atoms with E-state index in [0.717, 1.165) is 39.2 Å². The molecule has 0 saturated heterocycles. The van der Waals surface area contributed by atoms with Crippen LogP contribution in [-0.2, 0) is 0 Å². The fraction of sp³-hybridized carbons (Fsp3) is 0.0909. The van der Waals surface area contributed by atoms with E-state index in [1.165, 1.54) is 0 Å². The highest BCUT2D eigenvalue weighted by molar-refractivity contribution is 6.05. The summed E-state index contributed by atoms with van der Waals surface area (Å²) in [5.41, 5.74) is 6.39. The van der Waals surface area contributed by atoms with Crippen LogP contribution in [0.3, 0.4) is 0 Å². The molecule has 0 fully saturated rings. The lowest BCUT2D eigenvalue weighted by atomic mass is 10.1. The zero-order valence-electron chi connectivity index (χ0n) is 14.7. The van der Waals surface area contributed by atoms with Crippen molar-refractivity contribution in [2.75, 3.05) is 5.32 Å². The van der Waals surface area contributed by atoms with Gasteiger partial charge in [-0.25, -0.2) is 4.98 Å². The summed E-state index contributed by atoms with van der Waals surface area (Å²) in [6.07, 6.45) is 0. The summed E-state index contributed by atoms with van der Waals surface area (Å²) in [6.45, 7) is 3.97. The number of rotatable bonds is 3. The van der Waals surface area contributed by atoms with Gasteiger partial charge in [-0.15, -0.1) is 0 Å². The van der Waals surface area contributed by atoms with Gasteiger partial charge in [-0.05, 0) is 49.7 Å². The first-order valence-electron chi connectivity index (χ1n) is 8.54. The molecule has 4 heteroatoms. The highest BCUT2D eigenvalue weighted by Gasteiger charge is 2.11. The van der Waals surface area contributed by atoms with Crippen LogP contribution >= 0.6 is 0 Å². The smallest absolute Gasteiger partial charge is 0.255 e. The average Bonchev–Trinajstić information content (AvgIpc) is 3.06. The number of amides is 1. The molecule has 26 heavy (non-hydrogen) atoms. The molecule has 2 N–H and O–H groups in total. The van der Waals surface area contributed by atoms with E-state index < -0.39 is 0 Å². The average molecular weight is 341 g/mol. The van der Waals surface area contributed by atoms with Crippen LogP contribution in [0, 0.1) is 13.8 Å². The minimum atomic E-state index is -0.107. The van der Waals surface area contributed by atoms with Gasteiger partial charge in [0.15, 0.2) is 0 Å². The maximum atomic E-state index is 12.6. The summed E-state index contributed by atoms with van der Waals surface area (Å²) in [7, 11) is 0. The van der Waals surface area contributed by atoms with Gasteiger partial charge in [0.05, 0.1) is 11.0 Å². The van der Waals surface area contributed by atoms with Gasteiger partial charge in [-0.2, -0.15) is 0 Å². The van der Waals surface area contributed by atoms with Crippen molar-refractivity contribution in [2.24, 2.45) is 0 Å². The SMILES string of the molecule is Cc1ccc(C(=O)Nc2cccc(-c3nc4ccccc4[nH]3)c2)c(C)c1. The molecule has 0 aliphatic carbocycles. The van der Waals surface area contributed by atoms with Crippen molar-refractivity contribution in [3.8, 4) is 11.4 Å². The normalized spacial score (nSPS) is 10.8. The molecular weight excluding hydrogens is 322 g/mol. The standard InChI is InChI=1S/C22H19N3O/c1-14-10-11-18(15(2)12-14)22(26)23-17-7-5-6-16(13-17)21-24-19-8-3-4-9-20(19)25-21/h3-13H,1-2H3,(H,23,26)(H,24,25). The Kier molecular flexibility index (Phi) is 4.01. The summed E-state index contributed by atoms with van der Waals surface area (Å²) in [5, 5.41) is 2.98. The van der Waals surface area contributed by atoms with Crippen LogP contribution in [0.4, 0.5) is 5.69 Å². The lowest BCUT2D eigenvalue weighted by Crippen LogP contribution is -2.13. The van der Waals surface area contributed by atoms with Crippen LogP contribution in [0.5, 0.6) is 0 Å². The van der Waals surface area contributed by atoms with E-state index in [-0.39, 0.29) is 5.91 Å². The van der Waals surface area contributed by atoms with Crippen LogP contribution in [-0.4, -0.2) is 15.9 Å². The minimum Gasteiger partial charge on any atom is -0.338 e. The van der Waals surface area contributed by atoms with Gasteiger partial charge in [0, 0.05) is 16.8 Å². The van der Waals surface area contributed by atoms with Gasteiger partial charge in [-0.3, -0.25) is 4.79 Å². The van der Waals surface area contributed by atoms with E-state index in [4.69, 9.17) is 0 Å². The fourth-order valence-electron chi connectivity index (χ4n) is 3.10. The van der Waals surface area contributed by atoms with Crippen LogP contribution in [0.1, 0.15) is 21.5 Å². The number of hydrogen-bond donors (Lipinski definition) is 2. The molecule has 4 nitrogen and oxygen atoms in total.